The van der Waals surface area contributed by atoms with Gasteiger partial charge in [-0.05, 0) is 12.3 Å². The lowest BCUT2D eigenvalue weighted by Gasteiger charge is -2.12. The molecule has 0 radical (unpaired) electrons. The van der Waals surface area contributed by atoms with E-state index in [0.717, 1.165) is 0 Å². The van der Waals surface area contributed by atoms with Gasteiger partial charge in [-0.25, -0.2) is 0 Å². The van der Waals surface area contributed by atoms with E-state index in [1.807, 2.05) is 13.8 Å². The van der Waals surface area contributed by atoms with E-state index in [2.05, 4.69) is 0 Å². The highest BCUT2D eigenvalue weighted by molar-refractivity contribution is 5.76. The fraction of sp³-hybridized carbons (Fsp3) is 0.857. The molecule has 4 N–H and O–H groups in total. The van der Waals surface area contributed by atoms with Gasteiger partial charge in [0.15, 0.2) is 0 Å². The van der Waals surface area contributed by atoms with Crippen molar-refractivity contribution < 1.29 is 5.11 Å². The molecule has 0 bridgehead atoms. The minimum absolute atomic E-state index is 0.153. The van der Waals surface area contributed by atoms with Crippen molar-refractivity contribution in [3.05, 3.63) is 0 Å². The topological polar surface area (TPSA) is 70.1 Å². The first-order chi connectivity index (χ1) is 4.54. The summed E-state index contributed by atoms with van der Waals surface area (Å²) in [7, 11) is 0. The quantitative estimate of drug-likeness (QED) is 0.402. The van der Waals surface area contributed by atoms with Crippen molar-refractivity contribution >= 4 is 5.84 Å². The van der Waals surface area contributed by atoms with Gasteiger partial charge in [-0.2, -0.15) is 0 Å². The Kier molecular flexibility index (Phi) is 4.03. The molecule has 1 unspecified atom stereocenters. The summed E-state index contributed by atoms with van der Waals surface area (Å²) in [6.07, 6.45) is 0.788. The molecular formula is C7H16N2O. The maximum atomic E-state index is 9.22. The number of nitrogens with one attached hydrogen (secondary N) is 1. The summed E-state index contributed by atoms with van der Waals surface area (Å²) < 4.78 is 0. The molecule has 0 saturated heterocycles. The molecule has 0 saturated carbocycles. The highest BCUT2D eigenvalue weighted by Gasteiger charge is 2.08. The highest BCUT2D eigenvalue weighted by Crippen LogP contribution is 2.06. The molecule has 3 heteroatoms. The standard InChI is InChI=1S/C7H16N2O/c1-5(2)6(10)3-4-7(8)9/h5-6,10H,3-4H2,1-2H3,(H3,8,9). The van der Waals surface area contributed by atoms with Gasteiger partial charge in [-0.3, -0.25) is 5.41 Å². The number of amidine groups is 1. The Morgan fingerprint density at radius 3 is 2.40 bits per heavy atom. The largest absolute Gasteiger partial charge is 0.393 e. The van der Waals surface area contributed by atoms with Crippen LogP contribution in [0.4, 0.5) is 0 Å². The lowest BCUT2D eigenvalue weighted by atomic mass is 10.0. The van der Waals surface area contributed by atoms with E-state index in [9.17, 15) is 5.11 Å². The van der Waals surface area contributed by atoms with Crippen LogP contribution in [0.3, 0.4) is 0 Å². The third-order valence-corrected chi connectivity index (χ3v) is 1.48. The molecule has 0 heterocycles. The minimum Gasteiger partial charge on any atom is -0.393 e. The van der Waals surface area contributed by atoms with Crippen LogP contribution in [0.1, 0.15) is 26.7 Å². The van der Waals surface area contributed by atoms with Crippen molar-refractivity contribution in [2.24, 2.45) is 11.7 Å². The maximum absolute atomic E-state index is 9.22. The first kappa shape index (κ1) is 9.43. The van der Waals surface area contributed by atoms with Crippen LogP contribution in [0.25, 0.3) is 0 Å². The molecule has 0 aromatic rings. The van der Waals surface area contributed by atoms with Crippen LogP contribution in [-0.4, -0.2) is 17.0 Å². The lowest BCUT2D eigenvalue weighted by molar-refractivity contribution is 0.118. The van der Waals surface area contributed by atoms with Crippen LogP contribution in [0.5, 0.6) is 0 Å². The lowest BCUT2D eigenvalue weighted by Crippen LogP contribution is -2.18. The molecule has 0 aliphatic carbocycles. The maximum Gasteiger partial charge on any atom is 0.0906 e. The van der Waals surface area contributed by atoms with Crippen molar-refractivity contribution in [2.75, 3.05) is 0 Å². The molecule has 10 heavy (non-hydrogen) atoms. The fourth-order valence-corrected chi connectivity index (χ4v) is 0.637. The van der Waals surface area contributed by atoms with Crippen LogP contribution in [-0.2, 0) is 0 Å². The molecule has 0 amide bonds. The number of hydrogen-bond donors (Lipinski definition) is 3. The molecule has 3 nitrogen and oxygen atoms in total. The second-order valence-electron chi connectivity index (χ2n) is 2.88. The predicted molar refractivity (Wildman–Crippen MR) is 42.0 cm³/mol. The normalized spacial score (nSPS) is 13.6. The summed E-state index contributed by atoms with van der Waals surface area (Å²) in [5.74, 6) is 0.416. The van der Waals surface area contributed by atoms with Gasteiger partial charge >= 0.3 is 0 Å². The molecular weight excluding hydrogens is 128 g/mol. The van der Waals surface area contributed by atoms with Gasteiger partial charge in [0.2, 0.25) is 0 Å². The average Bonchev–Trinajstić information content (AvgIpc) is 1.82. The molecule has 0 aromatic carbocycles. The van der Waals surface area contributed by atoms with Gasteiger partial charge in [0.25, 0.3) is 0 Å². The van der Waals surface area contributed by atoms with E-state index >= 15 is 0 Å². The van der Waals surface area contributed by atoms with E-state index in [0.29, 0.717) is 12.8 Å². The zero-order chi connectivity index (χ0) is 8.15. The molecule has 0 aliphatic heterocycles. The summed E-state index contributed by atoms with van der Waals surface area (Å²) in [6, 6.07) is 0. The van der Waals surface area contributed by atoms with Crippen LogP contribution < -0.4 is 5.73 Å². The highest BCUT2D eigenvalue weighted by atomic mass is 16.3. The van der Waals surface area contributed by atoms with Crippen LogP contribution in [0, 0.1) is 11.3 Å². The number of aliphatic hydroxyl groups excluding tert-OH is 1. The van der Waals surface area contributed by atoms with E-state index < -0.39 is 0 Å². The van der Waals surface area contributed by atoms with E-state index in [1.165, 1.54) is 0 Å². The number of aliphatic hydroxyl groups is 1. The molecule has 0 fully saturated rings. The third-order valence-electron chi connectivity index (χ3n) is 1.48. The first-order valence-electron chi connectivity index (χ1n) is 3.55. The number of hydrogen-bond acceptors (Lipinski definition) is 2. The first-order valence-corrected chi connectivity index (χ1v) is 3.55. The van der Waals surface area contributed by atoms with Gasteiger partial charge in [-0.15, -0.1) is 0 Å². The Hall–Kier alpha value is -0.570. The second-order valence-corrected chi connectivity index (χ2v) is 2.88. The monoisotopic (exact) mass is 144 g/mol. The van der Waals surface area contributed by atoms with E-state index in [4.69, 9.17) is 11.1 Å². The molecule has 0 rings (SSSR count). The summed E-state index contributed by atoms with van der Waals surface area (Å²) in [5.41, 5.74) is 5.11. The smallest absolute Gasteiger partial charge is 0.0906 e. The van der Waals surface area contributed by atoms with Crippen molar-refractivity contribution in [1.82, 2.24) is 0 Å². The fourth-order valence-electron chi connectivity index (χ4n) is 0.637. The van der Waals surface area contributed by atoms with Crippen molar-refractivity contribution in [3.8, 4) is 0 Å². The molecule has 60 valence electrons. The molecule has 0 aromatic heterocycles. The van der Waals surface area contributed by atoms with Crippen molar-refractivity contribution in [2.45, 2.75) is 32.8 Å². The van der Waals surface area contributed by atoms with Crippen LogP contribution in [0.2, 0.25) is 0 Å². The molecule has 1 atom stereocenters. The van der Waals surface area contributed by atoms with Crippen LogP contribution in [0.15, 0.2) is 0 Å². The SMILES string of the molecule is CC(C)C(O)CCC(=N)N. The zero-order valence-electron chi connectivity index (χ0n) is 6.59. The second kappa shape index (κ2) is 4.28. The Morgan fingerprint density at radius 1 is 1.60 bits per heavy atom. The summed E-state index contributed by atoms with van der Waals surface area (Å²) in [6.45, 7) is 3.90. The minimum atomic E-state index is -0.316. The predicted octanol–water partition coefficient (Wildman–Crippen LogP) is 0.719. The zero-order valence-corrected chi connectivity index (χ0v) is 6.59. The third kappa shape index (κ3) is 4.32. The van der Waals surface area contributed by atoms with E-state index in [1.54, 1.807) is 0 Å². The number of rotatable bonds is 4. The van der Waals surface area contributed by atoms with Crippen LogP contribution >= 0.6 is 0 Å². The van der Waals surface area contributed by atoms with Crippen molar-refractivity contribution in [3.63, 3.8) is 0 Å². The average molecular weight is 144 g/mol. The Morgan fingerprint density at radius 2 is 2.10 bits per heavy atom. The Balaban J connectivity index is 3.39. The number of nitrogens with two attached hydrogens (primary N) is 1. The Bertz CT molecular complexity index is 112. The van der Waals surface area contributed by atoms with Gasteiger partial charge in [0, 0.05) is 6.42 Å². The van der Waals surface area contributed by atoms with Gasteiger partial charge in [-0.1, -0.05) is 13.8 Å². The summed E-state index contributed by atoms with van der Waals surface area (Å²) in [4.78, 5) is 0. The van der Waals surface area contributed by atoms with Gasteiger partial charge in [0.1, 0.15) is 0 Å². The summed E-state index contributed by atoms with van der Waals surface area (Å²) >= 11 is 0. The molecule has 0 aliphatic rings. The van der Waals surface area contributed by atoms with Gasteiger partial charge in [0.05, 0.1) is 11.9 Å². The Labute approximate surface area is 61.7 Å². The van der Waals surface area contributed by atoms with Gasteiger partial charge < -0.3 is 10.8 Å². The molecule has 0 spiro atoms. The van der Waals surface area contributed by atoms with E-state index in [-0.39, 0.29) is 17.9 Å². The van der Waals surface area contributed by atoms with Crippen molar-refractivity contribution in [1.29, 1.82) is 5.41 Å². The summed E-state index contributed by atoms with van der Waals surface area (Å²) in [5, 5.41) is 16.1.